The maximum Gasteiger partial charge on any atom is 0.214 e. The van der Waals surface area contributed by atoms with E-state index in [1.54, 1.807) is 0 Å². The van der Waals surface area contributed by atoms with Crippen molar-refractivity contribution in [3.8, 4) is 11.3 Å². The molecule has 0 N–H and O–H groups in total. The molecule has 0 bridgehead atoms. The van der Waals surface area contributed by atoms with Crippen LogP contribution in [0.1, 0.15) is 42.4 Å². The highest BCUT2D eigenvalue weighted by atomic mass is 32.1. The smallest absolute Gasteiger partial charge is 0.194 e. The molecule has 32 heavy (non-hydrogen) atoms. The van der Waals surface area contributed by atoms with Crippen LogP contribution in [0.3, 0.4) is 0 Å². The SMILES string of the molecule is Cc1cc2c(sc3ccccc32)c(-c2cc(CC3CCCC3)c3ccccc3[n+]2C)c1C. The van der Waals surface area contributed by atoms with Crippen molar-refractivity contribution in [3.05, 3.63) is 77.4 Å². The molecule has 0 spiro atoms. The van der Waals surface area contributed by atoms with Crippen LogP contribution in [0.4, 0.5) is 0 Å². The molecule has 1 aliphatic carbocycles. The van der Waals surface area contributed by atoms with Crippen molar-refractivity contribution in [3.63, 3.8) is 0 Å². The molecule has 6 rings (SSSR count). The van der Waals surface area contributed by atoms with Crippen LogP contribution >= 0.6 is 11.3 Å². The largest absolute Gasteiger partial charge is 0.214 e. The minimum atomic E-state index is 0.835. The van der Waals surface area contributed by atoms with Gasteiger partial charge in [-0.1, -0.05) is 56.0 Å². The summed E-state index contributed by atoms with van der Waals surface area (Å²) in [5.41, 5.74) is 8.42. The molecule has 0 amide bonds. The molecule has 0 unspecified atom stereocenters. The highest BCUT2D eigenvalue weighted by Crippen LogP contribution is 2.43. The Labute approximate surface area is 194 Å². The Hall–Kier alpha value is -2.71. The normalized spacial score (nSPS) is 14.8. The first-order valence-corrected chi connectivity index (χ1v) is 12.8. The number of nitrogens with zero attached hydrogens (tertiary/aromatic N) is 1. The molecule has 0 saturated heterocycles. The molecule has 2 aromatic heterocycles. The molecule has 1 nitrogen and oxygen atoms in total. The number of aromatic nitrogens is 1. The summed E-state index contributed by atoms with van der Waals surface area (Å²) in [4.78, 5) is 0. The predicted octanol–water partition coefficient (Wildman–Crippen LogP) is 8.05. The Morgan fingerprint density at radius 2 is 1.59 bits per heavy atom. The molecule has 0 atom stereocenters. The zero-order chi connectivity index (χ0) is 21.8. The van der Waals surface area contributed by atoms with Gasteiger partial charge in [0.05, 0.1) is 5.56 Å². The fraction of sp³-hybridized carbons (Fsp3) is 0.300. The van der Waals surface area contributed by atoms with Gasteiger partial charge in [0.2, 0.25) is 11.2 Å². The average molecular weight is 437 g/mol. The lowest BCUT2D eigenvalue weighted by Crippen LogP contribution is -2.33. The van der Waals surface area contributed by atoms with Gasteiger partial charge in [0.15, 0.2) is 0 Å². The van der Waals surface area contributed by atoms with E-state index in [-0.39, 0.29) is 0 Å². The van der Waals surface area contributed by atoms with Crippen molar-refractivity contribution in [1.29, 1.82) is 0 Å². The van der Waals surface area contributed by atoms with Gasteiger partial charge in [-0.25, -0.2) is 0 Å². The Morgan fingerprint density at radius 1 is 0.875 bits per heavy atom. The van der Waals surface area contributed by atoms with Gasteiger partial charge >= 0.3 is 0 Å². The van der Waals surface area contributed by atoms with Gasteiger partial charge in [0.25, 0.3) is 0 Å². The predicted molar refractivity (Wildman–Crippen MR) is 139 cm³/mol. The number of para-hydroxylation sites is 1. The van der Waals surface area contributed by atoms with Gasteiger partial charge in [-0.3, -0.25) is 0 Å². The highest BCUT2D eigenvalue weighted by Gasteiger charge is 2.25. The maximum atomic E-state index is 2.52. The van der Waals surface area contributed by atoms with E-state index in [2.05, 4.69) is 86.1 Å². The summed E-state index contributed by atoms with van der Waals surface area (Å²) >= 11 is 1.95. The molecule has 5 aromatic rings. The van der Waals surface area contributed by atoms with E-state index in [0.717, 1.165) is 5.92 Å². The number of pyridine rings is 1. The molecule has 2 heteroatoms. The van der Waals surface area contributed by atoms with Gasteiger partial charge in [0.1, 0.15) is 7.05 Å². The first-order valence-electron chi connectivity index (χ1n) is 11.9. The molecule has 0 aliphatic heterocycles. The Morgan fingerprint density at radius 3 is 2.41 bits per heavy atom. The van der Waals surface area contributed by atoms with E-state index in [0.29, 0.717) is 0 Å². The summed E-state index contributed by atoms with van der Waals surface area (Å²) < 4.78 is 5.23. The molecule has 0 radical (unpaired) electrons. The average Bonchev–Trinajstić information content (AvgIpc) is 3.45. The van der Waals surface area contributed by atoms with Gasteiger partial charge in [-0.05, 0) is 61.1 Å². The van der Waals surface area contributed by atoms with Crippen molar-refractivity contribution in [2.45, 2.75) is 46.0 Å². The van der Waals surface area contributed by atoms with Crippen molar-refractivity contribution in [2.75, 3.05) is 0 Å². The van der Waals surface area contributed by atoms with Crippen LogP contribution in [0.25, 0.3) is 42.3 Å². The summed E-state index contributed by atoms with van der Waals surface area (Å²) in [5, 5.41) is 4.20. The number of fused-ring (bicyclic) bond motifs is 4. The van der Waals surface area contributed by atoms with E-state index < -0.39 is 0 Å². The molecule has 1 aliphatic rings. The Bertz CT molecular complexity index is 1480. The number of aryl methyl sites for hydroxylation is 2. The van der Waals surface area contributed by atoms with Crippen LogP contribution < -0.4 is 4.57 Å². The van der Waals surface area contributed by atoms with Gasteiger partial charge < -0.3 is 0 Å². The second-order valence-corrected chi connectivity index (χ2v) is 10.7. The first-order chi connectivity index (χ1) is 15.6. The lowest BCUT2D eigenvalue weighted by Gasteiger charge is -2.15. The van der Waals surface area contributed by atoms with Gasteiger partial charge in [-0.15, -0.1) is 11.3 Å². The number of hydrogen-bond donors (Lipinski definition) is 0. The van der Waals surface area contributed by atoms with Crippen LogP contribution in [0.15, 0.2) is 60.7 Å². The molecule has 2 heterocycles. The molecule has 3 aromatic carbocycles. The molecular formula is C30H30NS+. The van der Waals surface area contributed by atoms with Crippen LogP contribution in [0.2, 0.25) is 0 Å². The van der Waals surface area contributed by atoms with E-state index in [1.165, 1.54) is 91.1 Å². The summed E-state index contributed by atoms with van der Waals surface area (Å²) in [5.74, 6) is 0.835. The minimum Gasteiger partial charge on any atom is -0.194 e. The minimum absolute atomic E-state index is 0.835. The number of thiophene rings is 1. The Kier molecular flexibility index (Phi) is 4.80. The standard InChI is InChI=1S/C30H30NS/c1-19-16-25-24-13-7-9-15-28(24)32-30(25)29(20(19)2)27-18-22(17-21-10-4-5-11-21)23-12-6-8-14-26(23)31(27)3/h6-9,12-16,18,21H,4-5,10-11,17H2,1-3H3/q+1. The first kappa shape index (κ1) is 19.9. The van der Waals surface area contributed by atoms with Gasteiger partial charge in [-0.2, -0.15) is 4.57 Å². The quantitative estimate of drug-likeness (QED) is 0.252. The fourth-order valence-corrected chi connectivity index (χ4v) is 7.13. The zero-order valence-corrected chi connectivity index (χ0v) is 20.1. The van der Waals surface area contributed by atoms with Crippen molar-refractivity contribution in [2.24, 2.45) is 13.0 Å². The summed E-state index contributed by atoms with van der Waals surface area (Å²) in [7, 11) is 2.25. The molecular weight excluding hydrogens is 406 g/mol. The highest BCUT2D eigenvalue weighted by molar-refractivity contribution is 7.26. The van der Waals surface area contributed by atoms with E-state index in [4.69, 9.17) is 0 Å². The van der Waals surface area contributed by atoms with Crippen LogP contribution in [-0.2, 0) is 13.5 Å². The number of rotatable bonds is 3. The molecule has 1 saturated carbocycles. The van der Waals surface area contributed by atoms with E-state index in [9.17, 15) is 0 Å². The number of hydrogen-bond acceptors (Lipinski definition) is 1. The second-order valence-electron chi connectivity index (χ2n) is 9.65. The lowest BCUT2D eigenvalue weighted by molar-refractivity contribution is -0.633. The summed E-state index contributed by atoms with van der Waals surface area (Å²) in [6, 6.07) is 22.8. The van der Waals surface area contributed by atoms with Crippen LogP contribution in [0.5, 0.6) is 0 Å². The Balaban J connectivity index is 1.68. The van der Waals surface area contributed by atoms with E-state index >= 15 is 0 Å². The summed E-state index contributed by atoms with van der Waals surface area (Å²) in [6.45, 7) is 4.57. The molecule has 160 valence electrons. The van der Waals surface area contributed by atoms with Crippen molar-refractivity contribution in [1.82, 2.24) is 0 Å². The van der Waals surface area contributed by atoms with Crippen molar-refractivity contribution >= 4 is 42.4 Å². The lowest BCUT2D eigenvalue weighted by atomic mass is 9.91. The zero-order valence-electron chi connectivity index (χ0n) is 19.2. The fourth-order valence-electron chi connectivity index (χ4n) is 5.84. The summed E-state index contributed by atoms with van der Waals surface area (Å²) in [6.07, 6.45) is 6.77. The van der Waals surface area contributed by atoms with Crippen molar-refractivity contribution < 1.29 is 4.57 Å². The van der Waals surface area contributed by atoms with Gasteiger partial charge in [0, 0.05) is 37.7 Å². The van der Waals surface area contributed by atoms with Crippen LogP contribution in [-0.4, -0.2) is 0 Å². The number of benzene rings is 3. The third-order valence-corrected chi connectivity index (χ3v) is 8.92. The maximum absolute atomic E-state index is 2.52. The third-order valence-electron chi connectivity index (χ3n) is 7.71. The third kappa shape index (κ3) is 3.08. The van der Waals surface area contributed by atoms with E-state index in [1.807, 2.05) is 11.3 Å². The topological polar surface area (TPSA) is 3.88 Å². The second kappa shape index (κ2) is 7.71. The monoisotopic (exact) mass is 436 g/mol. The molecule has 1 fully saturated rings. The van der Waals surface area contributed by atoms with Crippen LogP contribution in [0, 0.1) is 19.8 Å².